The van der Waals surface area contributed by atoms with Gasteiger partial charge >= 0.3 is 0 Å². The molecule has 0 fully saturated rings. The zero-order valence-electron chi connectivity index (χ0n) is 14.6. The highest BCUT2D eigenvalue weighted by Crippen LogP contribution is 2.20. The van der Waals surface area contributed by atoms with Crippen LogP contribution in [0.5, 0.6) is 0 Å². The van der Waals surface area contributed by atoms with Crippen LogP contribution in [0.1, 0.15) is 22.8 Å². The molecule has 6 nitrogen and oxygen atoms in total. The Morgan fingerprint density at radius 3 is 2.46 bits per heavy atom. The number of hydrogen-bond acceptors (Lipinski definition) is 4. The fraction of sp³-hybridized carbons (Fsp3) is 0.222. The number of Topliss-reactive ketones (excluding diaryl/α,β-unsaturated/α-hetero) is 1. The topological polar surface area (TPSA) is 83.6 Å². The number of anilines is 1. The highest BCUT2D eigenvalue weighted by Gasteiger charge is 2.23. The van der Waals surface area contributed by atoms with E-state index >= 15 is 0 Å². The lowest BCUT2D eigenvalue weighted by atomic mass is 10.2. The molecule has 0 saturated carbocycles. The molecule has 2 rings (SSSR count). The second-order valence-electron chi connectivity index (χ2n) is 5.85. The van der Waals surface area contributed by atoms with Crippen LogP contribution in [0.25, 0.3) is 0 Å². The zero-order chi connectivity index (χ0) is 19.5. The summed E-state index contributed by atoms with van der Waals surface area (Å²) in [6, 6.07) is 11.1. The first-order chi connectivity index (χ1) is 12.1. The highest BCUT2D eigenvalue weighted by atomic mass is 79.9. The lowest BCUT2D eigenvalue weighted by Gasteiger charge is -2.17. The molecule has 138 valence electrons. The van der Waals surface area contributed by atoms with Crippen LogP contribution in [0.15, 0.2) is 51.8 Å². The number of likely N-dealkylation sites (N-methyl/N-ethyl adjacent to an activating group) is 1. The molecular formula is C18H19BrN2O4S. The number of halogens is 1. The van der Waals surface area contributed by atoms with Crippen molar-refractivity contribution in [2.75, 3.05) is 18.9 Å². The average Bonchev–Trinajstić information content (AvgIpc) is 2.57. The Bertz CT molecular complexity index is 957. The number of aryl methyl sites for hydroxylation is 1. The first kappa shape index (κ1) is 20.3. The lowest BCUT2D eigenvalue weighted by Crippen LogP contribution is -2.35. The summed E-state index contributed by atoms with van der Waals surface area (Å²) in [5.74, 6) is -0.683. The van der Waals surface area contributed by atoms with Crippen molar-refractivity contribution in [2.45, 2.75) is 18.7 Å². The second-order valence-corrected chi connectivity index (χ2v) is 8.81. The minimum Gasteiger partial charge on any atom is -0.325 e. The third kappa shape index (κ3) is 4.78. The summed E-state index contributed by atoms with van der Waals surface area (Å²) in [6.45, 7) is 2.86. The number of nitrogens with one attached hydrogen (secondary N) is 1. The molecule has 0 radical (unpaired) electrons. The Hall–Kier alpha value is -2.03. The molecule has 0 aliphatic carbocycles. The molecule has 1 amide bonds. The van der Waals surface area contributed by atoms with E-state index in [0.29, 0.717) is 11.3 Å². The molecule has 1 N–H and O–H groups in total. The van der Waals surface area contributed by atoms with Gasteiger partial charge in [0.05, 0.1) is 11.4 Å². The second kappa shape index (κ2) is 8.11. The van der Waals surface area contributed by atoms with Gasteiger partial charge in [0.1, 0.15) is 0 Å². The SMILES string of the molecule is CC(=O)c1cccc(S(=O)(=O)N(C)CC(=O)Nc2ccc(Br)cc2C)c1. The quantitative estimate of drug-likeness (QED) is 0.701. The number of nitrogens with zero attached hydrogens (tertiary/aromatic N) is 1. The van der Waals surface area contributed by atoms with Crippen molar-refractivity contribution < 1.29 is 18.0 Å². The molecular weight excluding hydrogens is 420 g/mol. The normalized spacial score (nSPS) is 11.4. The summed E-state index contributed by atoms with van der Waals surface area (Å²) < 4.78 is 27.1. The smallest absolute Gasteiger partial charge is 0.243 e. The standard InChI is InChI=1S/C18H19BrN2O4S/c1-12-9-15(19)7-8-17(12)20-18(23)11-21(3)26(24,25)16-6-4-5-14(10-16)13(2)22/h4-10H,11H2,1-3H3,(H,20,23). The monoisotopic (exact) mass is 438 g/mol. The van der Waals surface area contributed by atoms with E-state index in [1.165, 1.54) is 32.2 Å². The maximum Gasteiger partial charge on any atom is 0.243 e. The number of sulfonamides is 1. The molecule has 0 spiro atoms. The van der Waals surface area contributed by atoms with Crippen LogP contribution in [0, 0.1) is 6.92 Å². The lowest BCUT2D eigenvalue weighted by molar-refractivity contribution is -0.116. The highest BCUT2D eigenvalue weighted by molar-refractivity contribution is 9.10. The van der Waals surface area contributed by atoms with Crippen LogP contribution in [-0.4, -0.2) is 38.0 Å². The molecule has 2 aromatic rings. The Morgan fingerprint density at radius 2 is 1.85 bits per heavy atom. The predicted molar refractivity (Wildman–Crippen MR) is 104 cm³/mol. The molecule has 0 heterocycles. The fourth-order valence-corrected chi connectivity index (χ4v) is 3.95. The third-order valence-electron chi connectivity index (χ3n) is 3.78. The van der Waals surface area contributed by atoms with Crippen LogP contribution in [-0.2, 0) is 14.8 Å². The van der Waals surface area contributed by atoms with Crippen LogP contribution >= 0.6 is 15.9 Å². The van der Waals surface area contributed by atoms with Gasteiger partial charge in [0.15, 0.2) is 5.78 Å². The van der Waals surface area contributed by atoms with Gasteiger partial charge in [0.25, 0.3) is 0 Å². The van der Waals surface area contributed by atoms with Gasteiger partial charge in [-0.1, -0.05) is 28.1 Å². The van der Waals surface area contributed by atoms with Gasteiger partial charge in [-0.2, -0.15) is 4.31 Å². The molecule has 8 heteroatoms. The van der Waals surface area contributed by atoms with Gasteiger partial charge in [0, 0.05) is 22.8 Å². The largest absolute Gasteiger partial charge is 0.325 e. The van der Waals surface area contributed by atoms with E-state index in [4.69, 9.17) is 0 Å². The van der Waals surface area contributed by atoms with Crippen LogP contribution in [0.3, 0.4) is 0 Å². The van der Waals surface area contributed by atoms with Crippen molar-refractivity contribution in [3.05, 3.63) is 58.1 Å². The van der Waals surface area contributed by atoms with Crippen molar-refractivity contribution in [2.24, 2.45) is 0 Å². The van der Waals surface area contributed by atoms with Crippen molar-refractivity contribution >= 4 is 43.3 Å². The van der Waals surface area contributed by atoms with E-state index in [-0.39, 0.29) is 17.2 Å². The molecule has 0 aliphatic heterocycles. The van der Waals surface area contributed by atoms with Gasteiger partial charge < -0.3 is 5.32 Å². The molecule has 0 atom stereocenters. The number of benzene rings is 2. The van der Waals surface area contributed by atoms with Crippen LogP contribution in [0.4, 0.5) is 5.69 Å². The number of amides is 1. The number of rotatable bonds is 6. The number of carbonyl (C=O) groups is 2. The van der Waals surface area contributed by atoms with Crippen LogP contribution < -0.4 is 5.32 Å². The number of hydrogen-bond donors (Lipinski definition) is 1. The molecule has 0 aliphatic rings. The number of carbonyl (C=O) groups excluding carboxylic acids is 2. The molecule has 26 heavy (non-hydrogen) atoms. The zero-order valence-corrected chi connectivity index (χ0v) is 17.0. The van der Waals surface area contributed by atoms with Gasteiger partial charge in [0.2, 0.25) is 15.9 Å². The maximum atomic E-state index is 12.6. The third-order valence-corrected chi connectivity index (χ3v) is 6.07. The summed E-state index contributed by atoms with van der Waals surface area (Å²) in [4.78, 5) is 23.7. The van der Waals surface area contributed by atoms with E-state index in [9.17, 15) is 18.0 Å². The summed E-state index contributed by atoms with van der Waals surface area (Å²) in [5.41, 5.74) is 1.77. The van der Waals surface area contributed by atoms with E-state index in [1.54, 1.807) is 18.2 Å². The van der Waals surface area contributed by atoms with Crippen molar-refractivity contribution in [3.8, 4) is 0 Å². The predicted octanol–water partition coefficient (Wildman–Crippen LogP) is 3.22. The molecule has 0 bridgehead atoms. The van der Waals surface area contributed by atoms with E-state index < -0.39 is 15.9 Å². The summed E-state index contributed by atoms with van der Waals surface area (Å²) >= 11 is 3.35. The van der Waals surface area contributed by atoms with Crippen molar-refractivity contribution in [1.82, 2.24) is 4.31 Å². The van der Waals surface area contributed by atoms with Gasteiger partial charge in [-0.15, -0.1) is 0 Å². The van der Waals surface area contributed by atoms with Gasteiger partial charge in [-0.25, -0.2) is 8.42 Å². The summed E-state index contributed by atoms with van der Waals surface area (Å²) in [5, 5.41) is 2.70. The molecule has 0 saturated heterocycles. The van der Waals surface area contributed by atoms with E-state index in [2.05, 4.69) is 21.2 Å². The van der Waals surface area contributed by atoms with Gasteiger partial charge in [-0.3, -0.25) is 9.59 Å². The minimum absolute atomic E-state index is 0.0275. The van der Waals surface area contributed by atoms with Crippen LogP contribution in [0.2, 0.25) is 0 Å². The number of ketones is 1. The van der Waals surface area contributed by atoms with E-state index in [1.807, 2.05) is 13.0 Å². The molecule has 0 aromatic heterocycles. The van der Waals surface area contributed by atoms with E-state index in [0.717, 1.165) is 14.3 Å². The maximum absolute atomic E-state index is 12.6. The summed E-state index contributed by atoms with van der Waals surface area (Å²) in [6.07, 6.45) is 0. The first-order valence-electron chi connectivity index (χ1n) is 7.74. The summed E-state index contributed by atoms with van der Waals surface area (Å²) in [7, 11) is -2.56. The van der Waals surface area contributed by atoms with Crippen molar-refractivity contribution in [1.29, 1.82) is 0 Å². The Kier molecular flexibility index (Phi) is 6.33. The Labute approximate surface area is 161 Å². The van der Waals surface area contributed by atoms with Gasteiger partial charge in [-0.05, 0) is 49.7 Å². The Morgan fingerprint density at radius 1 is 1.15 bits per heavy atom. The minimum atomic E-state index is -3.89. The Balaban J connectivity index is 2.14. The average molecular weight is 439 g/mol. The fourth-order valence-electron chi connectivity index (χ4n) is 2.30. The molecule has 2 aromatic carbocycles. The van der Waals surface area contributed by atoms with Crippen molar-refractivity contribution in [3.63, 3.8) is 0 Å². The molecule has 0 unspecified atom stereocenters. The first-order valence-corrected chi connectivity index (χ1v) is 9.98.